The van der Waals surface area contributed by atoms with Crippen molar-refractivity contribution < 1.29 is 4.74 Å². The fourth-order valence-electron chi connectivity index (χ4n) is 1.56. The maximum atomic E-state index is 4.97. The highest BCUT2D eigenvalue weighted by atomic mass is 16.5. The Morgan fingerprint density at radius 3 is 2.41 bits per heavy atom. The van der Waals surface area contributed by atoms with Crippen LogP contribution in [0.5, 0.6) is 5.88 Å². The second-order valence-electron chi connectivity index (χ2n) is 3.65. The molecule has 0 fully saturated rings. The van der Waals surface area contributed by atoms with Gasteiger partial charge >= 0.3 is 0 Å². The average Bonchev–Trinajstić information content (AvgIpc) is 2.40. The molecule has 2 rings (SSSR count). The molecular formula is C14H14N2O. The lowest BCUT2D eigenvalue weighted by molar-refractivity contribution is 0.392. The molecule has 86 valence electrons. The van der Waals surface area contributed by atoms with E-state index in [1.807, 2.05) is 24.3 Å². The summed E-state index contributed by atoms with van der Waals surface area (Å²) in [5, 5.41) is 8.04. The first-order chi connectivity index (χ1) is 8.33. The Balaban J connectivity index is 2.23. The monoisotopic (exact) mass is 226 g/mol. The lowest BCUT2D eigenvalue weighted by Gasteiger charge is -2.02. The molecule has 17 heavy (non-hydrogen) atoms. The van der Waals surface area contributed by atoms with E-state index in [0.717, 1.165) is 17.7 Å². The van der Waals surface area contributed by atoms with Crippen molar-refractivity contribution in [2.75, 3.05) is 7.11 Å². The molecule has 0 bridgehead atoms. The van der Waals surface area contributed by atoms with Gasteiger partial charge in [0.1, 0.15) is 0 Å². The van der Waals surface area contributed by atoms with E-state index in [4.69, 9.17) is 4.74 Å². The van der Waals surface area contributed by atoms with Gasteiger partial charge < -0.3 is 4.74 Å². The quantitative estimate of drug-likeness (QED) is 0.752. The Morgan fingerprint density at radius 2 is 1.88 bits per heavy atom. The molecule has 1 heterocycles. The van der Waals surface area contributed by atoms with Gasteiger partial charge in [-0.1, -0.05) is 30.3 Å². The van der Waals surface area contributed by atoms with Crippen molar-refractivity contribution in [3.63, 3.8) is 0 Å². The van der Waals surface area contributed by atoms with Crippen molar-refractivity contribution in [3.05, 3.63) is 54.6 Å². The highest BCUT2D eigenvalue weighted by Crippen LogP contribution is 2.18. The number of ether oxygens (including phenoxy) is 1. The summed E-state index contributed by atoms with van der Waals surface area (Å²) in [6, 6.07) is 11.9. The molecule has 1 aromatic heterocycles. The number of aromatic nitrogens is 2. The Morgan fingerprint density at radius 1 is 1.12 bits per heavy atom. The zero-order chi connectivity index (χ0) is 12.1. The molecule has 0 unspecified atom stereocenters. The molecule has 0 radical (unpaired) electrons. The molecule has 3 nitrogen and oxygen atoms in total. The zero-order valence-corrected chi connectivity index (χ0v) is 9.76. The van der Waals surface area contributed by atoms with Gasteiger partial charge in [0.05, 0.1) is 12.8 Å². The number of nitrogens with zero attached hydrogens (tertiary/aromatic N) is 2. The molecule has 2 aromatic rings. The summed E-state index contributed by atoms with van der Waals surface area (Å²) < 4.78 is 4.97. The van der Waals surface area contributed by atoms with Crippen molar-refractivity contribution in [2.24, 2.45) is 0 Å². The standard InChI is InChI=1S/C14H14N2O/c1-3-4-11-5-7-12(8-6-11)13-9-10-14(17-2)16-15-13/h3,5-10H,1,4H2,2H3. The highest BCUT2D eigenvalue weighted by Gasteiger charge is 2.00. The minimum atomic E-state index is 0.525. The first-order valence-electron chi connectivity index (χ1n) is 5.41. The van der Waals surface area contributed by atoms with Crippen LogP contribution < -0.4 is 4.74 Å². The van der Waals surface area contributed by atoms with Crippen LogP contribution in [0.2, 0.25) is 0 Å². The maximum absolute atomic E-state index is 4.97. The molecule has 0 saturated heterocycles. The van der Waals surface area contributed by atoms with Crippen molar-refractivity contribution >= 4 is 0 Å². The van der Waals surface area contributed by atoms with Gasteiger partial charge in [-0.15, -0.1) is 16.8 Å². The zero-order valence-electron chi connectivity index (χ0n) is 9.76. The molecular weight excluding hydrogens is 212 g/mol. The Kier molecular flexibility index (Phi) is 3.50. The van der Waals surface area contributed by atoms with E-state index in [2.05, 4.69) is 28.9 Å². The minimum Gasteiger partial charge on any atom is -0.480 e. The van der Waals surface area contributed by atoms with Crippen LogP contribution in [-0.2, 0) is 6.42 Å². The number of rotatable bonds is 4. The molecule has 0 atom stereocenters. The lowest BCUT2D eigenvalue weighted by atomic mass is 10.1. The fraction of sp³-hybridized carbons (Fsp3) is 0.143. The van der Waals surface area contributed by atoms with Crippen molar-refractivity contribution in [1.82, 2.24) is 10.2 Å². The molecule has 0 aliphatic heterocycles. The molecule has 1 aromatic carbocycles. The van der Waals surface area contributed by atoms with Crippen LogP contribution in [-0.4, -0.2) is 17.3 Å². The lowest BCUT2D eigenvalue weighted by Crippen LogP contribution is -1.92. The Bertz CT molecular complexity index is 489. The molecule has 0 saturated carbocycles. The number of hydrogen-bond donors (Lipinski definition) is 0. The summed E-state index contributed by atoms with van der Waals surface area (Å²) in [7, 11) is 1.58. The van der Waals surface area contributed by atoms with Crippen LogP contribution in [0.15, 0.2) is 49.1 Å². The van der Waals surface area contributed by atoms with Crippen LogP contribution in [0.3, 0.4) is 0 Å². The topological polar surface area (TPSA) is 35.0 Å². The van der Waals surface area contributed by atoms with Gasteiger partial charge in [0.2, 0.25) is 5.88 Å². The second-order valence-corrected chi connectivity index (χ2v) is 3.65. The van der Waals surface area contributed by atoms with Gasteiger partial charge in [-0.25, -0.2) is 0 Å². The molecule has 0 amide bonds. The molecule has 0 N–H and O–H groups in total. The first-order valence-corrected chi connectivity index (χ1v) is 5.41. The van der Waals surface area contributed by atoms with Crippen molar-refractivity contribution in [3.8, 4) is 17.1 Å². The number of methoxy groups -OCH3 is 1. The van der Waals surface area contributed by atoms with Crippen molar-refractivity contribution in [1.29, 1.82) is 0 Å². The predicted molar refractivity (Wildman–Crippen MR) is 67.9 cm³/mol. The van der Waals surface area contributed by atoms with E-state index in [1.54, 1.807) is 13.2 Å². The third-order valence-electron chi connectivity index (χ3n) is 2.48. The van der Waals surface area contributed by atoms with E-state index >= 15 is 0 Å². The summed E-state index contributed by atoms with van der Waals surface area (Å²) in [4.78, 5) is 0. The second kappa shape index (κ2) is 5.25. The van der Waals surface area contributed by atoms with Gasteiger partial charge in [-0.3, -0.25) is 0 Å². The average molecular weight is 226 g/mol. The van der Waals surface area contributed by atoms with Gasteiger partial charge in [-0.05, 0) is 18.1 Å². The predicted octanol–water partition coefficient (Wildman–Crippen LogP) is 2.88. The SMILES string of the molecule is C=CCc1ccc(-c2ccc(OC)nn2)cc1. The highest BCUT2D eigenvalue weighted by molar-refractivity contribution is 5.59. The third kappa shape index (κ3) is 2.69. The molecule has 3 heteroatoms. The van der Waals surface area contributed by atoms with Gasteiger partial charge in [-0.2, -0.15) is 0 Å². The van der Waals surface area contributed by atoms with Gasteiger partial charge in [0.15, 0.2) is 0 Å². The number of benzene rings is 1. The van der Waals surface area contributed by atoms with Crippen LogP contribution in [0.25, 0.3) is 11.3 Å². The van der Waals surface area contributed by atoms with E-state index in [1.165, 1.54) is 5.56 Å². The largest absolute Gasteiger partial charge is 0.480 e. The smallest absolute Gasteiger partial charge is 0.233 e. The summed E-state index contributed by atoms with van der Waals surface area (Å²) in [5.41, 5.74) is 3.13. The van der Waals surface area contributed by atoms with Crippen molar-refractivity contribution in [2.45, 2.75) is 6.42 Å². The van der Waals surface area contributed by atoms with Crippen LogP contribution >= 0.6 is 0 Å². The molecule has 0 spiro atoms. The Labute approximate surface area is 101 Å². The summed E-state index contributed by atoms with van der Waals surface area (Å²) in [5.74, 6) is 0.525. The third-order valence-corrected chi connectivity index (χ3v) is 2.48. The molecule has 0 aliphatic rings. The maximum Gasteiger partial charge on any atom is 0.233 e. The van der Waals surface area contributed by atoms with Crippen LogP contribution in [0, 0.1) is 0 Å². The minimum absolute atomic E-state index is 0.525. The van der Waals surface area contributed by atoms with E-state index < -0.39 is 0 Å². The summed E-state index contributed by atoms with van der Waals surface area (Å²) in [6.45, 7) is 3.72. The Hall–Kier alpha value is -2.16. The van der Waals surface area contributed by atoms with Gasteiger partial charge in [0, 0.05) is 11.6 Å². The normalized spacial score (nSPS) is 9.94. The van der Waals surface area contributed by atoms with E-state index in [-0.39, 0.29) is 0 Å². The number of hydrogen-bond acceptors (Lipinski definition) is 3. The van der Waals surface area contributed by atoms with Crippen LogP contribution in [0.1, 0.15) is 5.56 Å². The summed E-state index contributed by atoms with van der Waals surface area (Å²) in [6.07, 6.45) is 2.77. The van der Waals surface area contributed by atoms with Gasteiger partial charge in [0.25, 0.3) is 0 Å². The van der Waals surface area contributed by atoms with Crippen LogP contribution in [0.4, 0.5) is 0 Å². The molecule has 0 aliphatic carbocycles. The van der Waals surface area contributed by atoms with E-state index in [9.17, 15) is 0 Å². The fourth-order valence-corrected chi connectivity index (χ4v) is 1.56. The summed E-state index contributed by atoms with van der Waals surface area (Å²) >= 11 is 0. The number of allylic oxidation sites excluding steroid dienone is 1. The van der Waals surface area contributed by atoms with E-state index in [0.29, 0.717) is 5.88 Å². The first kappa shape index (κ1) is 11.3.